The fraction of sp³-hybridized carbons (Fsp3) is 0.133. The van der Waals surface area contributed by atoms with Crippen LogP contribution in [0.3, 0.4) is 0 Å². The van der Waals surface area contributed by atoms with Crippen molar-refractivity contribution in [1.82, 2.24) is 10.3 Å². The number of hydrogen-bond donors (Lipinski definition) is 2. The molecule has 0 unspecified atom stereocenters. The van der Waals surface area contributed by atoms with Crippen molar-refractivity contribution in [2.75, 3.05) is 11.9 Å². The van der Waals surface area contributed by atoms with Gasteiger partial charge in [-0.1, -0.05) is 6.07 Å². The van der Waals surface area contributed by atoms with Gasteiger partial charge in [0.25, 0.3) is 11.8 Å². The molecule has 2 amide bonds. The van der Waals surface area contributed by atoms with Crippen LogP contribution in [0.25, 0.3) is 0 Å². The van der Waals surface area contributed by atoms with Gasteiger partial charge in [-0.05, 0) is 29.8 Å². The van der Waals surface area contributed by atoms with Crippen molar-refractivity contribution in [3.63, 3.8) is 0 Å². The average molecular weight is 283 g/mol. The fourth-order valence-electron chi connectivity index (χ4n) is 2.01. The molecule has 1 aliphatic rings. The third-order valence-electron chi connectivity index (χ3n) is 3.05. The zero-order chi connectivity index (χ0) is 14.7. The first-order valence-corrected chi connectivity index (χ1v) is 6.46. The smallest absolute Gasteiger partial charge is 0.262 e. The van der Waals surface area contributed by atoms with Crippen LogP contribution in [-0.2, 0) is 11.3 Å². The molecule has 106 valence electrons. The summed E-state index contributed by atoms with van der Waals surface area (Å²) in [4.78, 5) is 27.4. The first-order chi connectivity index (χ1) is 10.2. The minimum absolute atomic E-state index is 0.000446. The lowest BCUT2D eigenvalue weighted by molar-refractivity contribution is -0.118. The van der Waals surface area contributed by atoms with Crippen LogP contribution in [0.1, 0.15) is 15.9 Å². The molecule has 2 N–H and O–H groups in total. The molecule has 0 spiro atoms. The van der Waals surface area contributed by atoms with Gasteiger partial charge in [-0.15, -0.1) is 0 Å². The van der Waals surface area contributed by atoms with Gasteiger partial charge in [0.15, 0.2) is 6.61 Å². The maximum absolute atomic E-state index is 12.1. The summed E-state index contributed by atoms with van der Waals surface area (Å²) in [5, 5.41) is 5.48. The molecule has 2 heterocycles. The molecule has 2 aromatic rings. The second kappa shape index (κ2) is 5.62. The normalized spacial score (nSPS) is 12.9. The molecule has 21 heavy (non-hydrogen) atoms. The molecule has 1 aromatic heterocycles. The van der Waals surface area contributed by atoms with Crippen molar-refractivity contribution >= 4 is 17.5 Å². The molecular weight excluding hydrogens is 270 g/mol. The van der Waals surface area contributed by atoms with Gasteiger partial charge in [0.05, 0.1) is 5.69 Å². The van der Waals surface area contributed by atoms with Crippen LogP contribution in [0, 0.1) is 0 Å². The number of carbonyl (C=O) groups is 2. The Bertz CT molecular complexity index is 686. The zero-order valence-corrected chi connectivity index (χ0v) is 11.1. The molecule has 6 nitrogen and oxygen atoms in total. The Morgan fingerprint density at radius 1 is 1.38 bits per heavy atom. The molecule has 1 aromatic carbocycles. The number of ether oxygens (including phenoxy) is 1. The number of amides is 2. The van der Waals surface area contributed by atoms with E-state index in [4.69, 9.17) is 4.74 Å². The lowest BCUT2D eigenvalue weighted by atomic mass is 10.1. The summed E-state index contributed by atoms with van der Waals surface area (Å²) < 4.78 is 5.25. The Labute approximate surface area is 121 Å². The van der Waals surface area contributed by atoms with Crippen molar-refractivity contribution in [2.45, 2.75) is 6.54 Å². The monoisotopic (exact) mass is 283 g/mol. The lowest BCUT2D eigenvalue weighted by Crippen LogP contribution is -2.27. The Morgan fingerprint density at radius 3 is 3.10 bits per heavy atom. The lowest BCUT2D eigenvalue weighted by Gasteiger charge is -2.18. The van der Waals surface area contributed by atoms with E-state index < -0.39 is 0 Å². The molecule has 0 atom stereocenters. The summed E-state index contributed by atoms with van der Waals surface area (Å²) in [6, 6.07) is 8.63. The number of benzene rings is 1. The van der Waals surface area contributed by atoms with Gasteiger partial charge >= 0.3 is 0 Å². The van der Waals surface area contributed by atoms with Crippen LogP contribution < -0.4 is 15.4 Å². The number of nitrogens with one attached hydrogen (secondary N) is 2. The number of anilines is 1. The van der Waals surface area contributed by atoms with E-state index in [1.165, 1.54) is 0 Å². The third kappa shape index (κ3) is 3.00. The van der Waals surface area contributed by atoms with Gasteiger partial charge in [0.1, 0.15) is 5.75 Å². The van der Waals surface area contributed by atoms with E-state index in [-0.39, 0.29) is 18.4 Å². The minimum atomic E-state index is -0.226. The summed E-state index contributed by atoms with van der Waals surface area (Å²) in [5.74, 6) is 0.121. The standard InChI is InChI=1S/C15H13N3O3/c19-14-9-21-13-4-3-11(6-12(13)18-14)15(20)17-8-10-2-1-5-16-7-10/h1-7H,8-9H2,(H,17,20)(H,18,19). The second-order valence-corrected chi connectivity index (χ2v) is 4.59. The van der Waals surface area contributed by atoms with E-state index in [1.54, 1.807) is 30.6 Å². The molecule has 0 bridgehead atoms. The van der Waals surface area contributed by atoms with Gasteiger partial charge in [-0.3, -0.25) is 14.6 Å². The minimum Gasteiger partial charge on any atom is -0.482 e. The van der Waals surface area contributed by atoms with Gasteiger partial charge < -0.3 is 15.4 Å². The Balaban J connectivity index is 1.70. The van der Waals surface area contributed by atoms with Crippen molar-refractivity contribution in [2.24, 2.45) is 0 Å². The first-order valence-electron chi connectivity index (χ1n) is 6.46. The molecule has 0 saturated carbocycles. The van der Waals surface area contributed by atoms with E-state index in [9.17, 15) is 9.59 Å². The third-order valence-corrected chi connectivity index (χ3v) is 3.05. The van der Waals surface area contributed by atoms with Crippen LogP contribution in [0.15, 0.2) is 42.7 Å². The van der Waals surface area contributed by atoms with Gasteiger partial charge in [0, 0.05) is 24.5 Å². The Kier molecular flexibility index (Phi) is 3.51. The van der Waals surface area contributed by atoms with E-state index in [2.05, 4.69) is 15.6 Å². The molecule has 0 fully saturated rings. The summed E-state index contributed by atoms with van der Waals surface area (Å²) in [5.41, 5.74) is 1.89. The predicted octanol–water partition coefficient (Wildman–Crippen LogP) is 1.34. The topological polar surface area (TPSA) is 80.3 Å². The quantitative estimate of drug-likeness (QED) is 0.891. The maximum atomic E-state index is 12.1. The second-order valence-electron chi connectivity index (χ2n) is 4.59. The van der Waals surface area contributed by atoms with Crippen LogP contribution in [-0.4, -0.2) is 23.4 Å². The van der Waals surface area contributed by atoms with Crippen LogP contribution in [0.4, 0.5) is 5.69 Å². The Hall–Kier alpha value is -2.89. The van der Waals surface area contributed by atoms with E-state index >= 15 is 0 Å². The molecular formula is C15H13N3O3. The highest BCUT2D eigenvalue weighted by atomic mass is 16.5. The summed E-state index contributed by atoms with van der Waals surface area (Å²) in [6.45, 7) is 0.395. The molecule has 0 saturated heterocycles. The summed E-state index contributed by atoms with van der Waals surface area (Å²) in [6.07, 6.45) is 3.37. The fourth-order valence-corrected chi connectivity index (χ4v) is 2.01. The van der Waals surface area contributed by atoms with Crippen LogP contribution in [0.2, 0.25) is 0 Å². The van der Waals surface area contributed by atoms with Gasteiger partial charge in [0.2, 0.25) is 0 Å². The van der Waals surface area contributed by atoms with E-state index in [0.717, 1.165) is 5.56 Å². The largest absolute Gasteiger partial charge is 0.482 e. The molecule has 1 aliphatic heterocycles. The van der Waals surface area contributed by atoms with Crippen molar-refractivity contribution < 1.29 is 14.3 Å². The van der Waals surface area contributed by atoms with E-state index in [1.807, 2.05) is 12.1 Å². The number of carbonyl (C=O) groups excluding carboxylic acids is 2. The van der Waals surface area contributed by atoms with Crippen LogP contribution >= 0.6 is 0 Å². The van der Waals surface area contributed by atoms with Gasteiger partial charge in [-0.2, -0.15) is 0 Å². The predicted molar refractivity (Wildman–Crippen MR) is 76.0 cm³/mol. The number of rotatable bonds is 3. The van der Waals surface area contributed by atoms with Crippen LogP contribution in [0.5, 0.6) is 5.75 Å². The number of aromatic nitrogens is 1. The SMILES string of the molecule is O=C1COc2ccc(C(=O)NCc3cccnc3)cc2N1. The average Bonchev–Trinajstić information content (AvgIpc) is 2.53. The highest BCUT2D eigenvalue weighted by molar-refractivity contribution is 5.99. The number of nitrogens with zero attached hydrogens (tertiary/aromatic N) is 1. The molecule has 0 aliphatic carbocycles. The zero-order valence-electron chi connectivity index (χ0n) is 11.1. The highest BCUT2D eigenvalue weighted by Gasteiger charge is 2.17. The molecule has 6 heteroatoms. The van der Waals surface area contributed by atoms with Crippen molar-refractivity contribution in [3.05, 3.63) is 53.9 Å². The summed E-state index contributed by atoms with van der Waals surface area (Å²) >= 11 is 0. The van der Waals surface area contributed by atoms with E-state index in [0.29, 0.717) is 23.5 Å². The highest BCUT2D eigenvalue weighted by Crippen LogP contribution is 2.28. The van der Waals surface area contributed by atoms with Crippen molar-refractivity contribution in [3.8, 4) is 5.75 Å². The molecule has 0 radical (unpaired) electrons. The maximum Gasteiger partial charge on any atom is 0.262 e. The molecule has 3 rings (SSSR count). The number of pyridine rings is 1. The van der Waals surface area contributed by atoms with Crippen molar-refractivity contribution in [1.29, 1.82) is 0 Å². The first kappa shape index (κ1) is 13.1. The number of hydrogen-bond acceptors (Lipinski definition) is 4. The number of fused-ring (bicyclic) bond motifs is 1. The van der Waals surface area contributed by atoms with Gasteiger partial charge in [-0.25, -0.2) is 0 Å². The Morgan fingerprint density at radius 2 is 2.29 bits per heavy atom. The summed E-state index contributed by atoms with van der Waals surface area (Å²) in [7, 11) is 0.